The molecule has 0 aliphatic heterocycles. The third-order valence-corrected chi connectivity index (χ3v) is 3.15. The van der Waals surface area contributed by atoms with E-state index in [1.807, 2.05) is 44.0 Å². The highest BCUT2D eigenvalue weighted by molar-refractivity contribution is 5.79. The van der Waals surface area contributed by atoms with E-state index >= 15 is 0 Å². The Balaban J connectivity index is 1.95. The van der Waals surface area contributed by atoms with E-state index in [9.17, 15) is 4.79 Å². The Bertz CT molecular complexity index is 540. The second-order valence-corrected chi connectivity index (χ2v) is 4.45. The normalized spacial score (nSPS) is 10.6. The predicted octanol–water partition coefficient (Wildman–Crippen LogP) is 1.22. The molecule has 2 rings (SSSR count). The summed E-state index contributed by atoms with van der Waals surface area (Å²) in [7, 11) is 1.89. The lowest BCUT2D eigenvalue weighted by atomic mass is 10.1. The third-order valence-electron chi connectivity index (χ3n) is 3.15. The number of aromatic nitrogens is 3. The Morgan fingerprint density at radius 1 is 1.50 bits per heavy atom. The van der Waals surface area contributed by atoms with Gasteiger partial charge in [-0.3, -0.25) is 9.48 Å². The van der Waals surface area contributed by atoms with Crippen LogP contribution in [0, 0.1) is 13.8 Å². The molecule has 0 fully saturated rings. The van der Waals surface area contributed by atoms with Crippen molar-refractivity contribution in [1.29, 1.82) is 0 Å². The van der Waals surface area contributed by atoms with Gasteiger partial charge < -0.3 is 10.3 Å². The number of carbonyl (C=O) groups is 1. The van der Waals surface area contributed by atoms with Crippen molar-refractivity contribution in [2.24, 2.45) is 7.05 Å². The van der Waals surface area contributed by atoms with E-state index in [0.29, 0.717) is 13.0 Å². The van der Waals surface area contributed by atoms with E-state index in [1.165, 1.54) is 0 Å². The van der Waals surface area contributed by atoms with Crippen molar-refractivity contribution in [3.63, 3.8) is 0 Å². The van der Waals surface area contributed by atoms with Gasteiger partial charge in [0.05, 0.1) is 12.1 Å². The van der Waals surface area contributed by atoms with E-state index in [0.717, 1.165) is 22.5 Å². The summed E-state index contributed by atoms with van der Waals surface area (Å²) in [5.74, 6) is 0.0235. The maximum Gasteiger partial charge on any atom is 0.224 e. The van der Waals surface area contributed by atoms with E-state index < -0.39 is 0 Å². The first-order valence-electron chi connectivity index (χ1n) is 5.95. The molecule has 2 N–H and O–H groups in total. The number of nitrogens with one attached hydrogen (secondary N) is 2. The van der Waals surface area contributed by atoms with Crippen LogP contribution in [-0.2, 0) is 24.8 Å². The Kier molecular flexibility index (Phi) is 3.50. The smallest absolute Gasteiger partial charge is 0.224 e. The molecule has 1 amide bonds. The zero-order valence-electron chi connectivity index (χ0n) is 10.9. The van der Waals surface area contributed by atoms with Crippen LogP contribution in [0.15, 0.2) is 18.5 Å². The molecule has 0 radical (unpaired) electrons. The van der Waals surface area contributed by atoms with Crippen LogP contribution < -0.4 is 5.32 Å². The van der Waals surface area contributed by atoms with Crippen LogP contribution in [0.5, 0.6) is 0 Å². The number of rotatable bonds is 4. The molecule has 0 unspecified atom stereocenters. The third kappa shape index (κ3) is 2.61. The first kappa shape index (κ1) is 12.4. The molecule has 2 aromatic rings. The Hall–Kier alpha value is -2.04. The summed E-state index contributed by atoms with van der Waals surface area (Å²) in [6, 6.07) is 1.95. The van der Waals surface area contributed by atoms with Gasteiger partial charge in [-0.2, -0.15) is 5.10 Å². The number of hydrogen-bond donors (Lipinski definition) is 2. The van der Waals surface area contributed by atoms with Crippen molar-refractivity contribution in [3.05, 3.63) is 41.0 Å². The molecule has 0 saturated heterocycles. The van der Waals surface area contributed by atoms with Gasteiger partial charge in [-0.15, -0.1) is 0 Å². The van der Waals surface area contributed by atoms with Crippen LogP contribution >= 0.6 is 0 Å². The number of H-pyrrole nitrogens is 1. The number of amides is 1. The van der Waals surface area contributed by atoms with E-state index in [2.05, 4.69) is 15.4 Å². The SMILES string of the molecule is Cc1nn(C)c(C)c1CC(=O)NCc1cc[nH]c1. The van der Waals surface area contributed by atoms with Crippen LogP contribution in [0.1, 0.15) is 22.5 Å². The Morgan fingerprint density at radius 3 is 2.83 bits per heavy atom. The molecule has 0 aromatic carbocycles. The monoisotopic (exact) mass is 246 g/mol. The van der Waals surface area contributed by atoms with Gasteiger partial charge in [0.25, 0.3) is 0 Å². The number of nitrogens with zero attached hydrogens (tertiary/aromatic N) is 2. The van der Waals surface area contributed by atoms with Crippen LogP contribution in [0.3, 0.4) is 0 Å². The predicted molar refractivity (Wildman–Crippen MR) is 69.0 cm³/mol. The summed E-state index contributed by atoms with van der Waals surface area (Å²) >= 11 is 0. The molecule has 0 aliphatic rings. The number of aromatic amines is 1. The fourth-order valence-electron chi connectivity index (χ4n) is 1.97. The van der Waals surface area contributed by atoms with Crippen molar-refractivity contribution >= 4 is 5.91 Å². The quantitative estimate of drug-likeness (QED) is 0.852. The molecular weight excluding hydrogens is 228 g/mol. The van der Waals surface area contributed by atoms with Crippen molar-refractivity contribution in [3.8, 4) is 0 Å². The fourth-order valence-corrected chi connectivity index (χ4v) is 1.97. The molecule has 2 aromatic heterocycles. The van der Waals surface area contributed by atoms with E-state index in [4.69, 9.17) is 0 Å². The number of hydrogen-bond acceptors (Lipinski definition) is 2. The van der Waals surface area contributed by atoms with Gasteiger partial charge >= 0.3 is 0 Å². The zero-order valence-corrected chi connectivity index (χ0v) is 10.9. The molecule has 0 saturated carbocycles. The summed E-state index contributed by atoms with van der Waals surface area (Å²) in [6.45, 7) is 4.47. The first-order valence-corrected chi connectivity index (χ1v) is 5.95. The second-order valence-electron chi connectivity index (χ2n) is 4.45. The topological polar surface area (TPSA) is 62.7 Å². The molecule has 0 spiro atoms. The first-order chi connectivity index (χ1) is 8.58. The maximum atomic E-state index is 11.9. The van der Waals surface area contributed by atoms with Gasteiger partial charge in [0.2, 0.25) is 5.91 Å². The molecule has 0 aliphatic carbocycles. The minimum absolute atomic E-state index is 0.0235. The molecule has 18 heavy (non-hydrogen) atoms. The second kappa shape index (κ2) is 5.08. The van der Waals surface area contributed by atoms with Gasteiger partial charge in [-0.1, -0.05) is 0 Å². The summed E-state index contributed by atoms with van der Waals surface area (Å²) in [5.41, 5.74) is 4.06. The lowest BCUT2D eigenvalue weighted by Gasteiger charge is -2.04. The average Bonchev–Trinajstić information content (AvgIpc) is 2.92. The number of aryl methyl sites for hydroxylation is 2. The molecular formula is C13H18N4O. The van der Waals surface area contributed by atoms with Crippen molar-refractivity contribution in [2.75, 3.05) is 0 Å². The highest BCUT2D eigenvalue weighted by Gasteiger charge is 2.13. The zero-order chi connectivity index (χ0) is 13.1. The molecule has 5 nitrogen and oxygen atoms in total. The molecule has 5 heteroatoms. The molecule has 0 atom stereocenters. The van der Waals surface area contributed by atoms with E-state index in [1.54, 1.807) is 0 Å². The van der Waals surface area contributed by atoms with Crippen LogP contribution in [-0.4, -0.2) is 20.7 Å². The molecule has 0 bridgehead atoms. The fraction of sp³-hybridized carbons (Fsp3) is 0.385. The van der Waals surface area contributed by atoms with Gasteiger partial charge in [-0.05, 0) is 25.5 Å². The van der Waals surface area contributed by atoms with Crippen LogP contribution in [0.2, 0.25) is 0 Å². The highest BCUT2D eigenvalue weighted by atomic mass is 16.1. The minimum atomic E-state index is 0.0235. The van der Waals surface area contributed by atoms with Crippen LogP contribution in [0.25, 0.3) is 0 Å². The van der Waals surface area contributed by atoms with E-state index in [-0.39, 0.29) is 5.91 Å². The Morgan fingerprint density at radius 2 is 2.28 bits per heavy atom. The number of carbonyl (C=O) groups excluding carboxylic acids is 1. The van der Waals surface area contributed by atoms with Crippen molar-refractivity contribution in [2.45, 2.75) is 26.8 Å². The van der Waals surface area contributed by atoms with Gasteiger partial charge in [-0.25, -0.2) is 0 Å². The highest BCUT2D eigenvalue weighted by Crippen LogP contribution is 2.12. The Labute approximate surface area is 106 Å². The summed E-state index contributed by atoms with van der Waals surface area (Å²) < 4.78 is 1.81. The molecule has 96 valence electrons. The minimum Gasteiger partial charge on any atom is -0.367 e. The summed E-state index contributed by atoms with van der Waals surface area (Å²) in [5, 5.41) is 7.21. The summed E-state index contributed by atoms with van der Waals surface area (Å²) in [6.07, 6.45) is 4.10. The van der Waals surface area contributed by atoms with Crippen molar-refractivity contribution in [1.82, 2.24) is 20.1 Å². The van der Waals surface area contributed by atoms with Gasteiger partial charge in [0.1, 0.15) is 0 Å². The van der Waals surface area contributed by atoms with Gasteiger partial charge in [0.15, 0.2) is 0 Å². The molecule has 2 heterocycles. The lowest BCUT2D eigenvalue weighted by molar-refractivity contribution is -0.120. The standard InChI is InChI=1S/C13H18N4O/c1-9-12(10(2)17(3)16-9)6-13(18)15-8-11-4-5-14-7-11/h4-5,7,14H,6,8H2,1-3H3,(H,15,18). The maximum absolute atomic E-state index is 11.9. The lowest BCUT2D eigenvalue weighted by Crippen LogP contribution is -2.24. The van der Waals surface area contributed by atoms with Crippen molar-refractivity contribution < 1.29 is 4.79 Å². The summed E-state index contributed by atoms with van der Waals surface area (Å²) in [4.78, 5) is 14.8. The largest absolute Gasteiger partial charge is 0.367 e. The van der Waals surface area contributed by atoms with Gasteiger partial charge in [0, 0.05) is 37.2 Å². The van der Waals surface area contributed by atoms with Crippen LogP contribution in [0.4, 0.5) is 0 Å². The average molecular weight is 246 g/mol.